The second kappa shape index (κ2) is 8.83. The molecule has 6 nitrogen and oxygen atoms in total. The summed E-state index contributed by atoms with van der Waals surface area (Å²) < 4.78 is 18.9. The summed E-state index contributed by atoms with van der Waals surface area (Å²) in [7, 11) is 0. The average Bonchev–Trinajstić information content (AvgIpc) is 3.25. The van der Waals surface area contributed by atoms with Crippen molar-refractivity contribution in [2.24, 2.45) is 0 Å². The maximum Gasteiger partial charge on any atom is 0.244 e. The minimum atomic E-state index is -0.561. The van der Waals surface area contributed by atoms with Gasteiger partial charge in [0.25, 0.3) is 0 Å². The standard InChI is InChI=1S/C22H21FN4O2/c23-17-8-6-16(7-9-17)20-21(26-27-25-20)22(28)24-18-10-12-19(13-11-18)29-14-15-4-2-1-3-5-15/h1-13,20-21,25-27H,14H2,(H,24,28). The Morgan fingerprint density at radius 3 is 2.38 bits per heavy atom. The number of ether oxygens (including phenoxy) is 1. The van der Waals surface area contributed by atoms with Gasteiger partial charge in [0, 0.05) is 5.69 Å². The van der Waals surface area contributed by atoms with Crippen molar-refractivity contribution in [1.82, 2.24) is 16.4 Å². The lowest BCUT2D eigenvalue weighted by Gasteiger charge is -2.18. The second-order valence-electron chi connectivity index (χ2n) is 6.71. The van der Waals surface area contributed by atoms with Gasteiger partial charge in [0.2, 0.25) is 5.91 Å². The first-order valence-corrected chi connectivity index (χ1v) is 9.28. The summed E-state index contributed by atoms with van der Waals surface area (Å²) >= 11 is 0. The van der Waals surface area contributed by atoms with Gasteiger partial charge in [-0.3, -0.25) is 4.79 Å². The number of nitrogens with one attached hydrogen (secondary N) is 4. The zero-order chi connectivity index (χ0) is 20.1. The van der Waals surface area contributed by atoms with Crippen LogP contribution in [0.25, 0.3) is 0 Å². The van der Waals surface area contributed by atoms with Crippen molar-refractivity contribution in [3.63, 3.8) is 0 Å². The molecular weight excluding hydrogens is 371 g/mol. The highest BCUT2D eigenvalue weighted by molar-refractivity contribution is 5.95. The van der Waals surface area contributed by atoms with E-state index < -0.39 is 6.04 Å². The Hall–Kier alpha value is -3.26. The number of anilines is 1. The van der Waals surface area contributed by atoms with Gasteiger partial charge in [-0.15, -0.1) is 0 Å². The molecule has 1 aliphatic rings. The molecule has 148 valence electrons. The summed E-state index contributed by atoms with van der Waals surface area (Å²) in [6, 6.07) is 22.3. The first-order chi connectivity index (χ1) is 14.2. The Kier molecular flexibility index (Phi) is 5.81. The highest BCUT2D eigenvalue weighted by atomic mass is 19.1. The van der Waals surface area contributed by atoms with Crippen LogP contribution in [0.4, 0.5) is 10.1 Å². The summed E-state index contributed by atoms with van der Waals surface area (Å²) in [5.41, 5.74) is 11.2. The molecular formula is C22H21FN4O2. The van der Waals surface area contributed by atoms with Gasteiger partial charge >= 0.3 is 0 Å². The number of hydrogen-bond donors (Lipinski definition) is 4. The Labute approximate surface area is 168 Å². The van der Waals surface area contributed by atoms with E-state index in [1.165, 1.54) is 12.1 Å². The molecule has 1 fully saturated rings. The fourth-order valence-corrected chi connectivity index (χ4v) is 3.12. The number of halogens is 1. The van der Waals surface area contributed by atoms with Gasteiger partial charge in [0.1, 0.15) is 24.2 Å². The van der Waals surface area contributed by atoms with Crippen molar-refractivity contribution in [2.45, 2.75) is 18.7 Å². The van der Waals surface area contributed by atoms with Crippen molar-refractivity contribution in [3.05, 3.63) is 95.8 Å². The third-order valence-electron chi connectivity index (χ3n) is 4.67. The Morgan fingerprint density at radius 1 is 0.931 bits per heavy atom. The lowest BCUT2D eigenvalue weighted by molar-refractivity contribution is -0.118. The normalized spacial score (nSPS) is 18.4. The van der Waals surface area contributed by atoms with E-state index in [1.807, 2.05) is 42.5 Å². The van der Waals surface area contributed by atoms with Crippen LogP contribution in [0.3, 0.4) is 0 Å². The van der Waals surface area contributed by atoms with Crippen LogP contribution in [0.15, 0.2) is 78.9 Å². The van der Waals surface area contributed by atoms with Gasteiger partial charge in [-0.1, -0.05) is 42.5 Å². The zero-order valence-corrected chi connectivity index (χ0v) is 15.6. The molecule has 2 atom stereocenters. The van der Waals surface area contributed by atoms with Crippen molar-refractivity contribution in [3.8, 4) is 5.75 Å². The Balaban J connectivity index is 1.35. The van der Waals surface area contributed by atoms with Gasteiger partial charge in [0.05, 0.1) is 6.04 Å². The Morgan fingerprint density at radius 2 is 1.66 bits per heavy atom. The number of hydrogen-bond acceptors (Lipinski definition) is 5. The first kappa shape index (κ1) is 19.1. The van der Waals surface area contributed by atoms with Crippen molar-refractivity contribution < 1.29 is 13.9 Å². The van der Waals surface area contributed by atoms with E-state index in [-0.39, 0.29) is 17.8 Å². The first-order valence-electron chi connectivity index (χ1n) is 9.28. The van der Waals surface area contributed by atoms with Gasteiger partial charge in [-0.25, -0.2) is 15.2 Å². The van der Waals surface area contributed by atoms with Crippen LogP contribution >= 0.6 is 0 Å². The maximum atomic E-state index is 13.2. The smallest absolute Gasteiger partial charge is 0.244 e. The number of benzene rings is 3. The average molecular weight is 392 g/mol. The highest BCUT2D eigenvalue weighted by Gasteiger charge is 2.33. The van der Waals surface area contributed by atoms with E-state index in [2.05, 4.69) is 21.7 Å². The molecule has 0 radical (unpaired) electrons. The SMILES string of the molecule is O=C(Nc1ccc(OCc2ccccc2)cc1)C1NNNC1c1ccc(F)cc1. The molecule has 4 N–H and O–H groups in total. The predicted octanol–water partition coefficient (Wildman–Crippen LogP) is 3.07. The molecule has 3 aromatic rings. The molecule has 0 saturated carbocycles. The van der Waals surface area contributed by atoms with Crippen LogP contribution in [-0.4, -0.2) is 11.9 Å². The van der Waals surface area contributed by atoms with E-state index >= 15 is 0 Å². The number of hydrazine groups is 2. The van der Waals surface area contributed by atoms with Gasteiger partial charge in [-0.05, 0) is 47.5 Å². The second-order valence-corrected chi connectivity index (χ2v) is 6.71. The van der Waals surface area contributed by atoms with Crippen molar-refractivity contribution in [1.29, 1.82) is 0 Å². The molecule has 7 heteroatoms. The fourth-order valence-electron chi connectivity index (χ4n) is 3.12. The molecule has 1 saturated heterocycles. The summed E-state index contributed by atoms with van der Waals surface area (Å²) in [6.45, 7) is 0.481. The minimum absolute atomic E-state index is 0.213. The summed E-state index contributed by atoms with van der Waals surface area (Å²) in [5, 5.41) is 2.88. The maximum absolute atomic E-state index is 13.2. The molecule has 0 spiro atoms. The van der Waals surface area contributed by atoms with Crippen LogP contribution in [0.5, 0.6) is 5.75 Å². The molecule has 0 aromatic heterocycles. The number of rotatable bonds is 6. The van der Waals surface area contributed by atoms with Crippen molar-refractivity contribution >= 4 is 11.6 Å². The number of amides is 1. The van der Waals surface area contributed by atoms with Crippen LogP contribution < -0.4 is 26.4 Å². The molecule has 1 amide bonds. The van der Waals surface area contributed by atoms with Gasteiger partial charge in [-0.2, -0.15) is 5.53 Å². The summed E-state index contributed by atoms with van der Waals surface area (Å²) in [6.07, 6.45) is 0. The lowest BCUT2D eigenvalue weighted by atomic mass is 10.00. The van der Waals surface area contributed by atoms with E-state index in [1.54, 1.807) is 24.3 Å². The molecule has 0 aliphatic carbocycles. The highest BCUT2D eigenvalue weighted by Crippen LogP contribution is 2.22. The summed E-state index contributed by atoms with van der Waals surface area (Å²) in [5.74, 6) is 0.191. The summed E-state index contributed by atoms with van der Waals surface area (Å²) in [4.78, 5) is 12.7. The van der Waals surface area contributed by atoms with Gasteiger partial charge < -0.3 is 10.1 Å². The molecule has 29 heavy (non-hydrogen) atoms. The van der Waals surface area contributed by atoms with Crippen LogP contribution in [0.2, 0.25) is 0 Å². The minimum Gasteiger partial charge on any atom is -0.489 e. The molecule has 0 bridgehead atoms. The van der Waals surface area contributed by atoms with E-state index in [0.717, 1.165) is 16.9 Å². The predicted molar refractivity (Wildman–Crippen MR) is 108 cm³/mol. The van der Waals surface area contributed by atoms with Crippen molar-refractivity contribution in [2.75, 3.05) is 5.32 Å². The molecule has 4 rings (SSSR count). The number of carbonyl (C=O) groups is 1. The van der Waals surface area contributed by atoms with E-state index in [0.29, 0.717) is 12.3 Å². The lowest BCUT2D eigenvalue weighted by Crippen LogP contribution is -2.41. The molecule has 2 unspecified atom stereocenters. The van der Waals surface area contributed by atoms with E-state index in [4.69, 9.17) is 4.74 Å². The monoisotopic (exact) mass is 392 g/mol. The van der Waals surface area contributed by atoms with Crippen LogP contribution in [0, 0.1) is 5.82 Å². The van der Waals surface area contributed by atoms with E-state index in [9.17, 15) is 9.18 Å². The quantitative estimate of drug-likeness (QED) is 0.519. The third-order valence-corrected chi connectivity index (χ3v) is 4.67. The molecule has 3 aromatic carbocycles. The molecule has 1 heterocycles. The largest absolute Gasteiger partial charge is 0.489 e. The zero-order valence-electron chi connectivity index (χ0n) is 15.6. The van der Waals surface area contributed by atoms with Gasteiger partial charge in [0.15, 0.2) is 0 Å². The fraction of sp³-hybridized carbons (Fsp3) is 0.136. The third kappa shape index (κ3) is 4.78. The Bertz CT molecular complexity index is 949. The van der Waals surface area contributed by atoms with Crippen LogP contribution in [0.1, 0.15) is 17.2 Å². The number of carbonyl (C=O) groups excluding carboxylic acids is 1. The molecule has 1 aliphatic heterocycles. The topological polar surface area (TPSA) is 74.4 Å². The van der Waals surface area contributed by atoms with Crippen LogP contribution in [-0.2, 0) is 11.4 Å².